The van der Waals surface area contributed by atoms with Crippen molar-refractivity contribution in [3.05, 3.63) is 112 Å². The van der Waals surface area contributed by atoms with Crippen molar-refractivity contribution in [3.8, 4) is 5.75 Å². The highest BCUT2D eigenvalue weighted by atomic mass is 16.5. The van der Waals surface area contributed by atoms with E-state index in [-0.39, 0.29) is 5.57 Å². The van der Waals surface area contributed by atoms with E-state index in [1.165, 1.54) is 6.08 Å². The van der Waals surface area contributed by atoms with Crippen LogP contribution in [0.15, 0.2) is 78.4 Å². The quantitative estimate of drug-likeness (QED) is 0.255. The van der Waals surface area contributed by atoms with Crippen molar-refractivity contribution in [2.24, 2.45) is 0 Å². The standard InChI is InChI=1S/C32H28N2O4/c1-19-13-20(2)15-23(14-19)18-38-29-12-10-24-7-5-6-8-26(24)27(29)17-28-30(35)33-32(37)34(31(28)36)25-11-9-21(3)22(4)16-25/h5-17H,18H2,1-4H3,(H,33,35,37)/b28-17+. The molecule has 4 amide bonds. The number of hydrogen-bond acceptors (Lipinski definition) is 4. The van der Waals surface area contributed by atoms with Crippen LogP contribution in [-0.4, -0.2) is 17.8 Å². The van der Waals surface area contributed by atoms with Gasteiger partial charge in [0.15, 0.2) is 0 Å². The Labute approximate surface area is 221 Å². The van der Waals surface area contributed by atoms with Gasteiger partial charge in [-0.1, -0.05) is 65.7 Å². The fraction of sp³-hybridized carbons (Fsp3) is 0.156. The Balaban J connectivity index is 1.58. The molecule has 1 heterocycles. The maximum atomic E-state index is 13.6. The zero-order valence-electron chi connectivity index (χ0n) is 21.8. The number of carbonyl (C=O) groups excluding carboxylic acids is 3. The molecular formula is C32H28N2O4. The van der Waals surface area contributed by atoms with E-state index in [1.807, 2.05) is 70.2 Å². The summed E-state index contributed by atoms with van der Waals surface area (Å²) in [6, 6.07) is 22.2. The number of urea groups is 1. The van der Waals surface area contributed by atoms with E-state index in [2.05, 4.69) is 23.5 Å². The summed E-state index contributed by atoms with van der Waals surface area (Å²) in [4.78, 5) is 40.2. The molecule has 1 fully saturated rings. The average Bonchev–Trinajstić information content (AvgIpc) is 2.87. The highest BCUT2D eigenvalue weighted by Crippen LogP contribution is 2.32. The van der Waals surface area contributed by atoms with Crippen molar-refractivity contribution in [1.29, 1.82) is 0 Å². The zero-order chi connectivity index (χ0) is 27.0. The number of ether oxygens (including phenoxy) is 1. The van der Waals surface area contributed by atoms with Gasteiger partial charge in [0, 0.05) is 5.56 Å². The predicted octanol–water partition coefficient (Wildman–Crippen LogP) is 6.32. The average molecular weight is 505 g/mol. The lowest BCUT2D eigenvalue weighted by molar-refractivity contribution is -0.122. The summed E-state index contributed by atoms with van der Waals surface area (Å²) >= 11 is 0. The SMILES string of the molecule is Cc1cc(C)cc(COc2ccc3ccccc3c2/C=C2\C(=O)NC(=O)N(c3ccc(C)c(C)c3)C2=O)c1. The van der Waals surface area contributed by atoms with Crippen LogP contribution < -0.4 is 15.0 Å². The minimum Gasteiger partial charge on any atom is -0.488 e. The number of hydrogen-bond donors (Lipinski definition) is 1. The summed E-state index contributed by atoms with van der Waals surface area (Å²) < 4.78 is 6.25. The number of aryl methyl sites for hydroxylation is 4. The number of barbiturate groups is 1. The van der Waals surface area contributed by atoms with Crippen LogP contribution in [0.1, 0.15) is 33.4 Å². The number of nitrogens with one attached hydrogen (secondary N) is 1. The van der Waals surface area contributed by atoms with Gasteiger partial charge in [-0.05, 0) is 79.4 Å². The summed E-state index contributed by atoms with van der Waals surface area (Å²) in [5.74, 6) is -0.894. The highest BCUT2D eigenvalue weighted by molar-refractivity contribution is 6.39. The van der Waals surface area contributed by atoms with Gasteiger partial charge in [-0.15, -0.1) is 0 Å². The largest absolute Gasteiger partial charge is 0.488 e. The first-order valence-electron chi connectivity index (χ1n) is 12.4. The van der Waals surface area contributed by atoms with Gasteiger partial charge in [-0.2, -0.15) is 0 Å². The molecule has 1 aliphatic rings. The lowest BCUT2D eigenvalue weighted by Crippen LogP contribution is -2.54. The van der Waals surface area contributed by atoms with Crippen molar-refractivity contribution in [3.63, 3.8) is 0 Å². The molecule has 0 aliphatic carbocycles. The lowest BCUT2D eigenvalue weighted by atomic mass is 9.99. The second-order valence-corrected chi connectivity index (χ2v) is 9.71. The fourth-order valence-electron chi connectivity index (χ4n) is 4.76. The molecule has 1 saturated heterocycles. The molecule has 0 bridgehead atoms. The van der Waals surface area contributed by atoms with E-state index in [0.717, 1.165) is 43.5 Å². The second kappa shape index (κ2) is 9.98. The van der Waals surface area contributed by atoms with E-state index >= 15 is 0 Å². The molecular weight excluding hydrogens is 476 g/mol. The summed E-state index contributed by atoms with van der Waals surface area (Å²) in [6.45, 7) is 8.26. The molecule has 1 N–H and O–H groups in total. The number of anilines is 1. The van der Waals surface area contributed by atoms with Gasteiger partial charge in [0.1, 0.15) is 17.9 Å². The predicted molar refractivity (Wildman–Crippen MR) is 149 cm³/mol. The first-order chi connectivity index (χ1) is 18.2. The number of benzene rings is 4. The van der Waals surface area contributed by atoms with Crippen LogP contribution in [0.3, 0.4) is 0 Å². The van der Waals surface area contributed by atoms with E-state index in [1.54, 1.807) is 12.1 Å². The molecule has 0 aromatic heterocycles. The maximum absolute atomic E-state index is 13.6. The van der Waals surface area contributed by atoms with Crippen molar-refractivity contribution < 1.29 is 19.1 Å². The zero-order valence-corrected chi connectivity index (χ0v) is 21.8. The second-order valence-electron chi connectivity index (χ2n) is 9.71. The van der Waals surface area contributed by atoms with E-state index in [0.29, 0.717) is 23.6 Å². The number of carbonyl (C=O) groups is 3. The van der Waals surface area contributed by atoms with Crippen LogP contribution in [0.2, 0.25) is 0 Å². The van der Waals surface area contributed by atoms with Crippen molar-refractivity contribution in [2.75, 3.05) is 4.90 Å². The van der Waals surface area contributed by atoms with Crippen molar-refractivity contribution in [1.82, 2.24) is 5.32 Å². The highest BCUT2D eigenvalue weighted by Gasteiger charge is 2.37. The van der Waals surface area contributed by atoms with Crippen LogP contribution in [0.4, 0.5) is 10.5 Å². The Bertz CT molecular complexity index is 1630. The molecule has 0 unspecified atom stereocenters. The Hall–Kier alpha value is -4.71. The normalized spacial score (nSPS) is 14.8. The van der Waals surface area contributed by atoms with Gasteiger partial charge in [0.05, 0.1) is 5.69 Å². The van der Waals surface area contributed by atoms with Crippen LogP contribution in [0.5, 0.6) is 5.75 Å². The van der Waals surface area contributed by atoms with Crippen LogP contribution in [0.25, 0.3) is 16.8 Å². The Kier molecular flexibility index (Phi) is 6.55. The van der Waals surface area contributed by atoms with Gasteiger partial charge < -0.3 is 4.74 Å². The summed E-state index contributed by atoms with van der Waals surface area (Å²) in [5, 5.41) is 4.08. The molecule has 4 aromatic rings. The van der Waals surface area contributed by atoms with Crippen molar-refractivity contribution >= 4 is 40.4 Å². The van der Waals surface area contributed by atoms with Gasteiger partial charge >= 0.3 is 6.03 Å². The first-order valence-corrected chi connectivity index (χ1v) is 12.4. The number of nitrogens with zero attached hydrogens (tertiary/aromatic N) is 1. The van der Waals surface area contributed by atoms with Gasteiger partial charge in [0.2, 0.25) is 0 Å². The topological polar surface area (TPSA) is 75.7 Å². The monoisotopic (exact) mass is 504 g/mol. The number of amides is 4. The third-order valence-corrected chi connectivity index (χ3v) is 6.75. The smallest absolute Gasteiger partial charge is 0.335 e. The molecule has 0 atom stereocenters. The molecule has 1 aliphatic heterocycles. The van der Waals surface area contributed by atoms with Crippen molar-refractivity contribution in [2.45, 2.75) is 34.3 Å². The maximum Gasteiger partial charge on any atom is 0.335 e. The minimum atomic E-state index is -0.774. The Morgan fingerprint density at radius 3 is 2.29 bits per heavy atom. The van der Waals surface area contributed by atoms with Crippen LogP contribution in [-0.2, 0) is 16.2 Å². The summed E-state index contributed by atoms with van der Waals surface area (Å²) in [5.41, 5.74) is 6.13. The third kappa shape index (κ3) is 4.81. The molecule has 4 aromatic carbocycles. The summed E-state index contributed by atoms with van der Waals surface area (Å²) in [7, 11) is 0. The Morgan fingerprint density at radius 1 is 0.816 bits per heavy atom. The van der Waals surface area contributed by atoms with Crippen LogP contribution in [0, 0.1) is 27.7 Å². The minimum absolute atomic E-state index is 0.143. The Morgan fingerprint density at radius 2 is 1.55 bits per heavy atom. The van der Waals surface area contributed by atoms with Crippen LogP contribution >= 0.6 is 0 Å². The van der Waals surface area contributed by atoms with Gasteiger partial charge in [-0.25, -0.2) is 9.69 Å². The molecule has 38 heavy (non-hydrogen) atoms. The molecule has 190 valence electrons. The van der Waals surface area contributed by atoms with Gasteiger partial charge in [-0.3, -0.25) is 14.9 Å². The third-order valence-electron chi connectivity index (χ3n) is 6.75. The molecule has 6 nitrogen and oxygen atoms in total. The molecule has 0 spiro atoms. The molecule has 0 saturated carbocycles. The molecule has 0 radical (unpaired) electrons. The number of imide groups is 2. The van der Waals surface area contributed by atoms with E-state index in [9.17, 15) is 14.4 Å². The van der Waals surface area contributed by atoms with E-state index in [4.69, 9.17) is 4.74 Å². The van der Waals surface area contributed by atoms with E-state index < -0.39 is 17.8 Å². The lowest BCUT2D eigenvalue weighted by Gasteiger charge is -2.27. The number of fused-ring (bicyclic) bond motifs is 1. The first kappa shape index (κ1) is 25.0. The van der Waals surface area contributed by atoms with Gasteiger partial charge in [0.25, 0.3) is 11.8 Å². The molecule has 6 heteroatoms. The number of rotatable bonds is 5. The molecule has 5 rings (SSSR count). The summed E-state index contributed by atoms with van der Waals surface area (Å²) in [6.07, 6.45) is 1.53. The fourth-order valence-corrected chi connectivity index (χ4v) is 4.76.